The molecule has 0 radical (unpaired) electrons. The van der Waals surface area contributed by atoms with E-state index in [0.29, 0.717) is 5.92 Å². The van der Waals surface area contributed by atoms with Crippen LogP contribution in [0.3, 0.4) is 0 Å². The van der Waals surface area contributed by atoms with Crippen molar-refractivity contribution >= 4 is 0 Å². The van der Waals surface area contributed by atoms with Gasteiger partial charge in [0.2, 0.25) is 0 Å². The van der Waals surface area contributed by atoms with Gasteiger partial charge in [0, 0.05) is 11.5 Å². The maximum absolute atomic E-state index is 13.0. The topological polar surface area (TPSA) is 18.5 Å². The van der Waals surface area contributed by atoms with Crippen molar-refractivity contribution in [3.63, 3.8) is 0 Å². The second-order valence-corrected chi connectivity index (χ2v) is 7.23. The molecule has 3 heteroatoms. The van der Waals surface area contributed by atoms with Crippen molar-refractivity contribution in [3.05, 3.63) is 35.6 Å². The highest BCUT2D eigenvalue weighted by atomic mass is 19.1. The minimum atomic E-state index is -0.326. The molecule has 0 spiro atoms. The molecule has 128 valence electrons. The first-order valence-electron chi connectivity index (χ1n) is 9.25. The third-order valence-corrected chi connectivity index (χ3v) is 5.59. The summed E-state index contributed by atoms with van der Waals surface area (Å²) in [5.74, 6) is 2.01. The van der Waals surface area contributed by atoms with Crippen LogP contribution in [0.5, 0.6) is 0 Å². The molecule has 0 bridgehead atoms. The van der Waals surface area contributed by atoms with Crippen molar-refractivity contribution < 1.29 is 13.9 Å². The highest BCUT2D eigenvalue weighted by Crippen LogP contribution is 2.38. The fourth-order valence-electron chi connectivity index (χ4n) is 4.04. The predicted octanol–water partition coefficient (Wildman–Crippen LogP) is 5.48. The zero-order chi connectivity index (χ0) is 16.1. The summed E-state index contributed by atoms with van der Waals surface area (Å²) in [6.45, 7) is 3.82. The van der Waals surface area contributed by atoms with Crippen LogP contribution in [0.4, 0.5) is 4.39 Å². The molecule has 0 aromatic heterocycles. The summed E-state index contributed by atoms with van der Waals surface area (Å²) in [5, 5.41) is 0. The van der Waals surface area contributed by atoms with Crippen molar-refractivity contribution in [1.29, 1.82) is 0 Å². The number of unbranched alkanes of at least 4 members (excludes halogenated alkanes) is 1. The van der Waals surface area contributed by atoms with E-state index in [1.807, 2.05) is 0 Å². The molecule has 1 saturated heterocycles. The lowest BCUT2D eigenvalue weighted by atomic mass is 9.75. The van der Waals surface area contributed by atoms with Gasteiger partial charge in [0.05, 0.1) is 13.2 Å². The lowest BCUT2D eigenvalue weighted by Crippen LogP contribution is -2.34. The van der Waals surface area contributed by atoms with Gasteiger partial charge in [-0.3, -0.25) is 0 Å². The Morgan fingerprint density at radius 3 is 2.22 bits per heavy atom. The van der Waals surface area contributed by atoms with Gasteiger partial charge in [-0.2, -0.15) is 0 Å². The second-order valence-electron chi connectivity index (χ2n) is 7.23. The Bertz CT molecular complexity index is 457. The summed E-state index contributed by atoms with van der Waals surface area (Å²) in [4.78, 5) is 0. The van der Waals surface area contributed by atoms with Crippen LogP contribution in [-0.2, 0) is 9.47 Å². The van der Waals surface area contributed by atoms with E-state index in [1.54, 1.807) is 12.1 Å². The van der Waals surface area contributed by atoms with Crippen LogP contribution < -0.4 is 0 Å². The number of hydrogen-bond donors (Lipinski definition) is 0. The summed E-state index contributed by atoms with van der Waals surface area (Å²) in [6.07, 6.45) is 9.19. The summed E-state index contributed by atoms with van der Waals surface area (Å²) in [5.41, 5.74) is 0.910. The Balaban J connectivity index is 1.43. The van der Waals surface area contributed by atoms with Crippen molar-refractivity contribution in [3.8, 4) is 0 Å². The highest BCUT2D eigenvalue weighted by molar-refractivity contribution is 5.17. The van der Waals surface area contributed by atoms with Crippen molar-refractivity contribution in [2.75, 3.05) is 13.2 Å². The Morgan fingerprint density at radius 1 is 0.957 bits per heavy atom. The molecule has 1 aliphatic carbocycles. The number of hydrogen-bond acceptors (Lipinski definition) is 2. The molecular weight excluding hydrogens is 291 g/mol. The van der Waals surface area contributed by atoms with Gasteiger partial charge in [-0.05, 0) is 36.8 Å². The smallest absolute Gasteiger partial charge is 0.183 e. The van der Waals surface area contributed by atoms with E-state index in [2.05, 4.69) is 6.92 Å². The minimum Gasteiger partial charge on any atom is -0.348 e. The molecule has 1 aliphatic heterocycles. The average Bonchev–Trinajstić information content (AvgIpc) is 2.61. The molecule has 0 N–H and O–H groups in total. The van der Waals surface area contributed by atoms with Gasteiger partial charge in [0.15, 0.2) is 6.29 Å². The third kappa shape index (κ3) is 4.54. The monoisotopic (exact) mass is 320 g/mol. The second kappa shape index (κ2) is 8.25. The lowest BCUT2D eigenvalue weighted by Gasteiger charge is -2.37. The molecule has 0 unspecified atom stereocenters. The van der Waals surface area contributed by atoms with Crippen molar-refractivity contribution in [2.45, 2.75) is 58.2 Å². The SMILES string of the molecule is CCCC[C@H]1CC[C@H]([C@H]2CO[C@H](c3ccc(F)cc3)OC2)CC1. The molecule has 0 atom stereocenters. The minimum absolute atomic E-state index is 0.220. The maximum Gasteiger partial charge on any atom is 0.183 e. The van der Waals surface area contributed by atoms with Crippen LogP contribution in [-0.4, -0.2) is 13.2 Å². The van der Waals surface area contributed by atoms with Gasteiger partial charge in [-0.15, -0.1) is 0 Å². The van der Waals surface area contributed by atoms with Gasteiger partial charge >= 0.3 is 0 Å². The van der Waals surface area contributed by atoms with Gasteiger partial charge in [0.1, 0.15) is 5.82 Å². The Labute approximate surface area is 139 Å². The molecule has 23 heavy (non-hydrogen) atoms. The number of halogens is 1. The van der Waals surface area contributed by atoms with E-state index in [9.17, 15) is 4.39 Å². The molecule has 3 rings (SSSR count). The Hall–Kier alpha value is -0.930. The van der Waals surface area contributed by atoms with Crippen LogP contribution in [0.1, 0.15) is 63.7 Å². The lowest BCUT2D eigenvalue weighted by molar-refractivity contribution is -0.214. The van der Waals surface area contributed by atoms with Crippen LogP contribution in [0.15, 0.2) is 24.3 Å². The van der Waals surface area contributed by atoms with E-state index in [1.165, 1.54) is 57.1 Å². The molecule has 1 heterocycles. The predicted molar refractivity (Wildman–Crippen MR) is 89.5 cm³/mol. The summed E-state index contributed by atoms with van der Waals surface area (Å²) < 4.78 is 24.8. The van der Waals surface area contributed by atoms with E-state index in [4.69, 9.17) is 9.47 Å². The highest BCUT2D eigenvalue weighted by Gasteiger charge is 2.32. The zero-order valence-corrected chi connectivity index (χ0v) is 14.2. The number of benzene rings is 1. The van der Waals surface area contributed by atoms with Crippen molar-refractivity contribution in [1.82, 2.24) is 0 Å². The van der Waals surface area contributed by atoms with Gasteiger partial charge in [-0.25, -0.2) is 4.39 Å². The normalized spacial score (nSPS) is 31.9. The fraction of sp³-hybridized carbons (Fsp3) is 0.700. The average molecular weight is 320 g/mol. The largest absolute Gasteiger partial charge is 0.348 e. The molecule has 1 aromatic rings. The molecule has 2 fully saturated rings. The van der Waals surface area contributed by atoms with Crippen LogP contribution in [0.25, 0.3) is 0 Å². The first kappa shape index (κ1) is 16.9. The van der Waals surface area contributed by atoms with E-state index < -0.39 is 0 Å². The van der Waals surface area contributed by atoms with Gasteiger partial charge in [-0.1, -0.05) is 51.2 Å². The van der Waals surface area contributed by atoms with E-state index in [0.717, 1.165) is 30.6 Å². The number of ether oxygens (including phenoxy) is 2. The van der Waals surface area contributed by atoms with E-state index in [-0.39, 0.29) is 12.1 Å². The molecule has 2 nitrogen and oxygen atoms in total. The first-order chi connectivity index (χ1) is 11.3. The molecule has 2 aliphatic rings. The van der Waals surface area contributed by atoms with Crippen LogP contribution >= 0.6 is 0 Å². The summed E-state index contributed by atoms with van der Waals surface area (Å²) >= 11 is 0. The summed E-state index contributed by atoms with van der Waals surface area (Å²) in [7, 11) is 0. The quantitative estimate of drug-likeness (QED) is 0.715. The number of rotatable bonds is 5. The van der Waals surface area contributed by atoms with Gasteiger partial charge < -0.3 is 9.47 Å². The van der Waals surface area contributed by atoms with Crippen LogP contribution in [0, 0.1) is 23.6 Å². The molecule has 1 aromatic carbocycles. The zero-order valence-electron chi connectivity index (χ0n) is 14.2. The van der Waals surface area contributed by atoms with Crippen molar-refractivity contribution in [2.24, 2.45) is 17.8 Å². The van der Waals surface area contributed by atoms with Gasteiger partial charge in [0.25, 0.3) is 0 Å². The third-order valence-electron chi connectivity index (χ3n) is 5.59. The molecular formula is C20H29FO2. The van der Waals surface area contributed by atoms with E-state index >= 15 is 0 Å². The maximum atomic E-state index is 13.0. The molecule has 0 amide bonds. The summed E-state index contributed by atoms with van der Waals surface area (Å²) in [6, 6.07) is 6.43. The standard InChI is InChI=1S/C20H29FO2/c1-2-3-4-15-5-7-16(8-6-15)18-13-22-20(23-14-18)17-9-11-19(21)12-10-17/h9-12,15-16,18,20H,2-8,13-14H2,1H3/t15-,16-,18-,20-. The first-order valence-corrected chi connectivity index (χ1v) is 9.25. The van der Waals surface area contributed by atoms with Crippen LogP contribution in [0.2, 0.25) is 0 Å². The Morgan fingerprint density at radius 2 is 1.61 bits per heavy atom. The Kier molecular flexibility index (Phi) is 6.07. The fourth-order valence-corrected chi connectivity index (χ4v) is 4.04. The molecule has 1 saturated carbocycles.